The van der Waals surface area contributed by atoms with Gasteiger partial charge in [0.15, 0.2) is 0 Å². The Labute approximate surface area is 125 Å². The molecule has 3 nitrogen and oxygen atoms in total. The van der Waals surface area contributed by atoms with Gasteiger partial charge in [0.05, 0.1) is 5.33 Å². The van der Waals surface area contributed by atoms with Gasteiger partial charge in [-0.2, -0.15) is 0 Å². The van der Waals surface area contributed by atoms with E-state index in [1.807, 2.05) is 0 Å². The van der Waals surface area contributed by atoms with Crippen molar-refractivity contribution in [2.45, 2.75) is 70.7 Å². The molecule has 1 heterocycles. The van der Waals surface area contributed by atoms with E-state index in [0.717, 1.165) is 30.0 Å². The van der Waals surface area contributed by atoms with Gasteiger partial charge in [-0.25, -0.2) is 0 Å². The third-order valence-corrected chi connectivity index (χ3v) is 4.57. The smallest absolute Gasteiger partial charge is 0.143 e. The molecular formula is C15H26BrN3. The Kier molecular flexibility index (Phi) is 5.86. The van der Waals surface area contributed by atoms with E-state index in [9.17, 15) is 0 Å². The lowest BCUT2D eigenvalue weighted by molar-refractivity contribution is 0.335. The van der Waals surface area contributed by atoms with Crippen LogP contribution < -0.4 is 0 Å². The number of alkyl halides is 1. The zero-order valence-corrected chi connectivity index (χ0v) is 13.8. The van der Waals surface area contributed by atoms with Crippen LogP contribution >= 0.6 is 15.9 Å². The molecule has 1 saturated carbocycles. The van der Waals surface area contributed by atoms with Crippen molar-refractivity contribution in [1.82, 2.24) is 14.8 Å². The average molecular weight is 328 g/mol. The summed E-state index contributed by atoms with van der Waals surface area (Å²) in [6.45, 7) is 5.54. The highest BCUT2D eigenvalue weighted by Gasteiger charge is 2.17. The predicted molar refractivity (Wildman–Crippen MR) is 82.4 cm³/mol. The Morgan fingerprint density at radius 1 is 1.16 bits per heavy atom. The van der Waals surface area contributed by atoms with Crippen molar-refractivity contribution in [3.63, 3.8) is 0 Å². The van der Waals surface area contributed by atoms with Crippen LogP contribution in [0.2, 0.25) is 0 Å². The van der Waals surface area contributed by atoms with Gasteiger partial charge in [0.25, 0.3) is 0 Å². The first-order valence-corrected chi connectivity index (χ1v) is 8.79. The first-order valence-electron chi connectivity index (χ1n) is 7.67. The number of nitrogens with zero attached hydrogens (tertiary/aromatic N) is 3. The van der Waals surface area contributed by atoms with Gasteiger partial charge in [0.1, 0.15) is 11.6 Å². The molecule has 0 radical (unpaired) electrons. The van der Waals surface area contributed by atoms with E-state index >= 15 is 0 Å². The normalized spacial score (nSPS) is 17.3. The summed E-state index contributed by atoms with van der Waals surface area (Å²) in [6, 6.07) is 0. The van der Waals surface area contributed by atoms with Gasteiger partial charge in [-0.05, 0) is 18.3 Å². The van der Waals surface area contributed by atoms with Gasteiger partial charge >= 0.3 is 0 Å². The number of aromatic nitrogens is 3. The van der Waals surface area contributed by atoms with Gasteiger partial charge in [0.2, 0.25) is 0 Å². The summed E-state index contributed by atoms with van der Waals surface area (Å²) in [5.74, 6) is 3.83. The maximum Gasteiger partial charge on any atom is 0.143 e. The van der Waals surface area contributed by atoms with E-state index in [-0.39, 0.29) is 0 Å². The summed E-state index contributed by atoms with van der Waals surface area (Å²) >= 11 is 3.52. The molecule has 0 bridgehead atoms. The average Bonchev–Trinajstić information content (AvgIpc) is 2.79. The van der Waals surface area contributed by atoms with Crippen LogP contribution in [0.5, 0.6) is 0 Å². The van der Waals surface area contributed by atoms with E-state index in [4.69, 9.17) is 0 Å². The van der Waals surface area contributed by atoms with E-state index in [1.54, 1.807) is 0 Å². The van der Waals surface area contributed by atoms with Crippen LogP contribution in [-0.2, 0) is 18.3 Å². The highest BCUT2D eigenvalue weighted by Crippen LogP contribution is 2.27. The van der Waals surface area contributed by atoms with Crippen LogP contribution in [0.15, 0.2) is 0 Å². The molecule has 4 heteroatoms. The van der Waals surface area contributed by atoms with Crippen LogP contribution in [0.25, 0.3) is 0 Å². The molecule has 0 aliphatic heterocycles. The van der Waals surface area contributed by atoms with Crippen LogP contribution in [0, 0.1) is 11.8 Å². The number of aryl methyl sites for hydroxylation is 1. The molecule has 0 amide bonds. The van der Waals surface area contributed by atoms with Crippen LogP contribution in [-0.4, -0.2) is 14.8 Å². The summed E-state index contributed by atoms with van der Waals surface area (Å²) in [6.07, 6.45) is 9.52. The molecule has 1 aromatic rings. The Morgan fingerprint density at radius 3 is 2.47 bits per heavy atom. The minimum Gasteiger partial charge on any atom is -0.314 e. The van der Waals surface area contributed by atoms with Gasteiger partial charge < -0.3 is 4.57 Å². The molecule has 0 atom stereocenters. The molecule has 0 N–H and O–H groups in total. The number of halogens is 1. The molecule has 0 saturated heterocycles. The lowest BCUT2D eigenvalue weighted by atomic mass is 9.86. The Morgan fingerprint density at radius 2 is 1.84 bits per heavy atom. The zero-order chi connectivity index (χ0) is 13.7. The Hall–Kier alpha value is -0.380. The maximum absolute atomic E-state index is 4.41. The van der Waals surface area contributed by atoms with Gasteiger partial charge in [-0.15, -0.1) is 10.2 Å². The van der Waals surface area contributed by atoms with Crippen molar-refractivity contribution in [3.05, 3.63) is 11.6 Å². The summed E-state index contributed by atoms with van der Waals surface area (Å²) in [5.41, 5.74) is 0. The minimum absolute atomic E-state index is 0.641. The SMILES string of the molecule is CC(C)Cn1c(CBr)nnc1CCC1CCCCC1. The molecule has 1 aliphatic rings. The van der Waals surface area contributed by atoms with Crippen LogP contribution in [0.1, 0.15) is 64.0 Å². The third-order valence-electron chi connectivity index (χ3n) is 4.07. The fourth-order valence-corrected chi connectivity index (χ4v) is 3.46. The molecule has 0 unspecified atom stereocenters. The molecule has 0 aromatic carbocycles. The molecule has 19 heavy (non-hydrogen) atoms. The number of rotatable bonds is 6. The molecule has 2 rings (SSSR count). The molecule has 108 valence electrons. The fraction of sp³-hybridized carbons (Fsp3) is 0.867. The van der Waals surface area contributed by atoms with Crippen molar-refractivity contribution in [3.8, 4) is 0 Å². The van der Waals surface area contributed by atoms with E-state index in [1.165, 1.54) is 44.3 Å². The lowest BCUT2D eigenvalue weighted by Gasteiger charge is -2.21. The lowest BCUT2D eigenvalue weighted by Crippen LogP contribution is -2.13. The first kappa shape index (κ1) is 15.0. The molecular weight excluding hydrogens is 302 g/mol. The summed E-state index contributed by atoms with van der Waals surface area (Å²) in [5, 5.41) is 9.53. The van der Waals surface area contributed by atoms with E-state index in [2.05, 4.69) is 44.5 Å². The largest absolute Gasteiger partial charge is 0.314 e. The van der Waals surface area contributed by atoms with Crippen LogP contribution in [0.4, 0.5) is 0 Å². The third kappa shape index (κ3) is 4.30. The molecule has 1 fully saturated rings. The van der Waals surface area contributed by atoms with Crippen molar-refractivity contribution < 1.29 is 0 Å². The highest BCUT2D eigenvalue weighted by molar-refractivity contribution is 9.08. The standard InChI is InChI=1S/C15H26BrN3/c1-12(2)11-19-14(17-18-15(19)10-16)9-8-13-6-4-3-5-7-13/h12-13H,3-11H2,1-2H3. The van der Waals surface area contributed by atoms with Crippen molar-refractivity contribution in [2.75, 3.05) is 0 Å². The Balaban J connectivity index is 1.96. The Bertz CT molecular complexity index is 381. The quantitative estimate of drug-likeness (QED) is 0.727. The summed E-state index contributed by atoms with van der Waals surface area (Å²) < 4.78 is 2.32. The van der Waals surface area contributed by atoms with Crippen molar-refractivity contribution in [1.29, 1.82) is 0 Å². The molecule has 1 aliphatic carbocycles. The molecule has 1 aromatic heterocycles. The second-order valence-electron chi connectivity index (χ2n) is 6.21. The van der Waals surface area contributed by atoms with Crippen molar-refractivity contribution in [2.24, 2.45) is 11.8 Å². The van der Waals surface area contributed by atoms with Crippen molar-refractivity contribution >= 4 is 15.9 Å². The van der Waals surface area contributed by atoms with E-state index < -0.39 is 0 Å². The number of hydrogen-bond acceptors (Lipinski definition) is 2. The second kappa shape index (κ2) is 7.41. The van der Waals surface area contributed by atoms with Crippen LogP contribution in [0.3, 0.4) is 0 Å². The topological polar surface area (TPSA) is 30.7 Å². The highest BCUT2D eigenvalue weighted by atomic mass is 79.9. The summed E-state index contributed by atoms with van der Waals surface area (Å²) in [7, 11) is 0. The van der Waals surface area contributed by atoms with Gasteiger partial charge in [0, 0.05) is 13.0 Å². The fourth-order valence-electron chi connectivity index (χ4n) is 3.04. The predicted octanol–water partition coefficient (Wildman–Crippen LogP) is 4.34. The second-order valence-corrected chi connectivity index (χ2v) is 6.77. The maximum atomic E-state index is 4.41. The van der Waals surface area contributed by atoms with Gasteiger partial charge in [-0.3, -0.25) is 0 Å². The first-order chi connectivity index (χ1) is 9.20. The minimum atomic E-state index is 0.641. The number of hydrogen-bond donors (Lipinski definition) is 0. The molecule has 0 spiro atoms. The summed E-state index contributed by atoms with van der Waals surface area (Å²) in [4.78, 5) is 0. The van der Waals surface area contributed by atoms with Gasteiger partial charge in [-0.1, -0.05) is 61.9 Å². The monoisotopic (exact) mass is 327 g/mol. The zero-order valence-electron chi connectivity index (χ0n) is 12.2. The van der Waals surface area contributed by atoms with E-state index in [0.29, 0.717) is 5.92 Å².